The molecule has 2 heterocycles. The number of hydrogen-bond donors (Lipinski definition) is 3. The standard InChI is InChI=1S/C14H25N7O2S/c1-9(10(22)20-15)24-13-17-11(19-14(2,3)4)16-12(18-13)21-5-7-23-8-6-21/h9H,5-8,15H2,1-4H3,(H,20,22)(H,16,17,18,19)/t9-/m0/s1. The lowest BCUT2D eigenvalue weighted by atomic mass is 10.1. The van der Waals surface area contributed by atoms with Crippen LogP contribution in [-0.2, 0) is 9.53 Å². The predicted molar refractivity (Wildman–Crippen MR) is 93.9 cm³/mol. The summed E-state index contributed by atoms with van der Waals surface area (Å²) >= 11 is 1.24. The highest BCUT2D eigenvalue weighted by atomic mass is 32.2. The van der Waals surface area contributed by atoms with E-state index in [0.717, 1.165) is 13.1 Å². The molecule has 1 saturated heterocycles. The number of nitrogens with one attached hydrogen (secondary N) is 2. The summed E-state index contributed by atoms with van der Waals surface area (Å²) in [5.74, 6) is 5.98. The molecular formula is C14H25N7O2S. The Kier molecular flexibility index (Phi) is 6.19. The van der Waals surface area contributed by atoms with Crippen LogP contribution in [0.3, 0.4) is 0 Å². The normalized spacial score (nSPS) is 16.6. The first kappa shape index (κ1) is 18.7. The van der Waals surface area contributed by atoms with Gasteiger partial charge in [-0.05, 0) is 27.7 Å². The van der Waals surface area contributed by atoms with E-state index in [-0.39, 0.29) is 11.4 Å². The SMILES string of the molecule is C[C@H](Sc1nc(NC(C)(C)C)nc(N2CCOCC2)n1)C(=O)NN. The third kappa shape index (κ3) is 5.46. The molecule has 1 fully saturated rings. The van der Waals surface area contributed by atoms with Crippen LogP contribution in [0.25, 0.3) is 0 Å². The van der Waals surface area contributed by atoms with Gasteiger partial charge in [-0.2, -0.15) is 15.0 Å². The van der Waals surface area contributed by atoms with Crippen LogP contribution >= 0.6 is 11.8 Å². The van der Waals surface area contributed by atoms with Gasteiger partial charge < -0.3 is 15.0 Å². The van der Waals surface area contributed by atoms with Gasteiger partial charge in [0.2, 0.25) is 17.8 Å². The number of rotatable bonds is 5. The van der Waals surface area contributed by atoms with Crippen LogP contribution in [0, 0.1) is 0 Å². The Hall–Kier alpha value is -1.65. The van der Waals surface area contributed by atoms with Gasteiger partial charge in [0.25, 0.3) is 0 Å². The maximum absolute atomic E-state index is 11.6. The van der Waals surface area contributed by atoms with E-state index in [1.54, 1.807) is 6.92 Å². The second-order valence-corrected chi connectivity index (χ2v) is 7.79. The molecule has 0 aliphatic carbocycles. The number of hydrazine groups is 1. The number of amides is 1. The molecule has 0 radical (unpaired) electrons. The van der Waals surface area contributed by atoms with E-state index in [1.165, 1.54) is 11.8 Å². The molecular weight excluding hydrogens is 330 g/mol. The Morgan fingerprint density at radius 2 is 1.96 bits per heavy atom. The summed E-state index contributed by atoms with van der Waals surface area (Å²) in [5, 5.41) is 3.33. The number of carbonyl (C=O) groups is 1. The zero-order valence-electron chi connectivity index (χ0n) is 14.5. The van der Waals surface area contributed by atoms with Gasteiger partial charge in [0.15, 0.2) is 5.16 Å². The molecule has 1 aromatic rings. The molecule has 1 atom stereocenters. The van der Waals surface area contributed by atoms with Crippen molar-refractivity contribution in [3.05, 3.63) is 0 Å². The monoisotopic (exact) mass is 355 g/mol. The van der Waals surface area contributed by atoms with E-state index in [9.17, 15) is 4.79 Å². The molecule has 0 aromatic carbocycles. The van der Waals surface area contributed by atoms with Gasteiger partial charge in [0, 0.05) is 18.6 Å². The minimum Gasteiger partial charge on any atom is -0.378 e. The van der Waals surface area contributed by atoms with Crippen molar-refractivity contribution in [2.45, 2.75) is 43.6 Å². The van der Waals surface area contributed by atoms with Crippen molar-refractivity contribution in [3.8, 4) is 0 Å². The highest BCUT2D eigenvalue weighted by Gasteiger charge is 2.21. The van der Waals surface area contributed by atoms with Crippen LogP contribution in [0.1, 0.15) is 27.7 Å². The molecule has 1 amide bonds. The first-order valence-corrected chi connectivity index (χ1v) is 8.70. The molecule has 9 nitrogen and oxygen atoms in total. The molecule has 0 saturated carbocycles. The first-order chi connectivity index (χ1) is 11.3. The Morgan fingerprint density at radius 3 is 2.54 bits per heavy atom. The van der Waals surface area contributed by atoms with Gasteiger partial charge in [-0.3, -0.25) is 10.2 Å². The van der Waals surface area contributed by atoms with Gasteiger partial charge >= 0.3 is 0 Å². The predicted octanol–water partition coefficient (Wildman–Crippen LogP) is 0.389. The number of nitrogens with zero attached hydrogens (tertiary/aromatic N) is 4. The highest BCUT2D eigenvalue weighted by molar-refractivity contribution is 8.00. The van der Waals surface area contributed by atoms with Crippen molar-refractivity contribution in [2.24, 2.45) is 5.84 Å². The molecule has 1 aliphatic heterocycles. The molecule has 134 valence electrons. The van der Waals surface area contributed by atoms with E-state index in [1.807, 2.05) is 20.8 Å². The molecule has 4 N–H and O–H groups in total. The van der Waals surface area contributed by atoms with Crippen LogP contribution in [0.5, 0.6) is 0 Å². The number of thioether (sulfide) groups is 1. The van der Waals surface area contributed by atoms with Crippen LogP contribution in [0.2, 0.25) is 0 Å². The summed E-state index contributed by atoms with van der Waals surface area (Å²) < 4.78 is 5.37. The van der Waals surface area contributed by atoms with Crippen molar-refractivity contribution in [1.29, 1.82) is 0 Å². The zero-order valence-corrected chi connectivity index (χ0v) is 15.3. The van der Waals surface area contributed by atoms with E-state index in [0.29, 0.717) is 30.3 Å². The molecule has 1 aliphatic rings. The summed E-state index contributed by atoms with van der Waals surface area (Å²) in [6.07, 6.45) is 0. The number of ether oxygens (including phenoxy) is 1. The molecule has 1 aromatic heterocycles. The van der Waals surface area contributed by atoms with Crippen LogP contribution in [0.4, 0.5) is 11.9 Å². The Balaban J connectivity index is 2.27. The number of aromatic nitrogens is 3. The van der Waals surface area contributed by atoms with Crippen molar-refractivity contribution in [1.82, 2.24) is 20.4 Å². The lowest BCUT2D eigenvalue weighted by Crippen LogP contribution is -2.38. The lowest BCUT2D eigenvalue weighted by molar-refractivity contribution is -0.120. The average Bonchev–Trinajstić information content (AvgIpc) is 2.53. The summed E-state index contributed by atoms with van der Waals surface area (Å²) in [6.45, 7) is 10.6. The third-order valence-electron chi connectivity index (χ3n) is 3.18. The minimum atomic E-state index is -0.405. The van der Waals surface area contributed by atoms with Gasteiger partial charge in [-0.25, -0.2) is 5.84 Å². The number of morpholine rings is 1. The summed E-state index contributed by atoms with van der Waals surface area (Å²) in [7, 11) is 0. The van der Waals surface area contributed by atoms with Crippen molar-refractivity contribution < 1.29 is 9.53 Å². The summed E-state index contributed by atoms with van der Waals surface area (Å²) in [4.78, 5) is 27.1. The number of nitrogens with two attached hydrogens (primary N) is 1. The molecule has 0 bridgehead atoms. The van der Waals surface area contributed by atoms with Crippen molar-refractivity contribution >= 4 is 29.6 Å². The number of hydrogen-bond acceptors (Lipinski definition) is 9. The maximum atomic E-state index is 11.6. The smallest absolute Gasteiger partial charge is 0.247 e. The molecule has 24 heavy (non-hydrogen) atoms. The second kappa shape index (κ2) is 7.95. The Morgan fingerprint density at radius 1 is 1.29 bits per heavy atom. The minimum absolute atomic E-state index is 0.189. The first-order valence-electron chi connectivity index (χ1n) is 7.82. The highest BCUT2D eigenvalue weighted by Crippen LogP contribution is 2.24. The van der Waals surface area contributed by atoms with Gasteiger partial charge in [0.05, 0.1) is 18.5 Å². The number of carbonyl (C=O) groups excluding carboxylic acids is 1. The third-order valence-corrected chi connectivity index (χ3v) is 4.14. The Labute approximate surface area is 146 Å². The van der Waals surface area contributed by atoms with E-state index in [4.69, 9.17) is 10.6 Å². The van der Waals surface area contributed by atoms with Crippen LogP contribution in [-0.4, -0.2) is 58.0 Å². The summed E-state index contributed by atoms with van der Waals surface area (Å²) in [5.41, 5.74) is 1.95. The fraction of sp³-hybridized carbons (Fsp3) is 0.714. The van der Waals surface area contributed by atoms with E-state index < -0.39 is 5.25 Å². The zero-order chi connectivity index (χ0) is 17.7. The average molecular weight is 355 g/mol. The fourth-order valence-corrected chi connectivity index (χ4v) is 2.79. The maximum Gasteiger partial charge on any atom is 0.247 e. The van der Waals surface area contributed by atoms with E-state index >= 15 is 0 Å². The Bertz CT molecular complexity index is 573. The second-order valence-electron chi connectivity index (χ2n) is 6.48. The largest absolute Gasteiger partial charge is 0.378 e. The quantitative estimate of drug-likeness (QED) is 0.298. The molecule has 2 rings (SSSR count). The lowest BCUT2D eigenvalue weighted by Gasteiger charge is -2.28. The van der Waals surface area contributed by atoms with Gasteiger partial charge in [0.1, 0.15) is 0 Å². The van der Waals surface area contributed by atoms with Crippen molar-refractivity contribution in [2.75, 3.05) is 36.5 Å². The van der Waals surface area contributed by atoms with Crippen LogP contribution in [0.15, 0.2) is 5.16 Å². The van der Waals surface area contributed by atoms with Crippen molar-refractivity contribution in [3.63, 3.8) is 0 Å². The van der Waals surface area contributed by atoms with E-state index in [2.05, 4.69) is 30.6 Å². The molecule has 10 heteroatoms. The molecule has 0 spiro atoms. The van der Waals surface area contributed by atoms with Gasteiger partial charge in [-0.15, -0.1) is 0 Å². The fourth-order valence-electron chi connectivity index (χ4n) is 2.02. The van der Waals surface area contributed by atoms with Gasteiger partial charge in [-0.1, -0.05) is 11.8 Å². The molecule has 0 unspecified atom stereocenters. The topological polar surface area (TPSA) is 118 Å². The summed E-state index contributed by atoms with van der Waals surface area (Å²) in [6, 6.07) is 0. The number of anilines is 2. The van der Waals surface area contributed by atoms with Crippen LogP contribution < -0.4 is 21.5 Å².